The number of carbonyl (C=O) groups excluding carboxylic acids is 1. The molecular formula is C20H23F2NO5. The summed E-state index contributed by atoms with van der Waals surface area (Å²) in [6.45, 7) is -2.73. The number of nitrogens with zero attached hydrogens (tertiary/aromatic N) is 1. The van der Waals surface area contributed by atoms with Crippen molar-refractivity contribution < 1.29 is 32.5 Å². The summed E-state index contributed by atoms with van der Waals surface area (Å²) in [5, 5.41) is 0. The van der Waals surface area contributed by atoms with Gasteiger partial charge in [0.1, 0.15) is 0 Å². The highest BCUT2D eigenvalue weighted by Crippen LogP contribution is 2.30. The molecule has 2 aromatic carbocycles. The van der Waals surface area contributed by atoms with E-state index in [1.165, 1.54) is 38.4 Å². The summed E-state index contributed by atoms with van der Waals surface area (Å²) in [5.41, 5.74) is 1.41. The SMILES string of the molecule is COc1ccc(CC(=O)N(C)Cc2ccc(OC)c(OC(F)F)c2)cc1OC. The van der Waals surface area contributed by atoms with Gasteiger partial charge in [-0.2, -0.15) is 8.78 Å². The van der Waals surface area contributed by atoms with Crippen molar-refractivity contribution in [1.29, 1.82) is 0 Å². The molecule has 0 bridgehead atoms. The topological polar surface area (TPSA) is 57.2 Å². The second-order valence-corrected chi connectivity index (χ2v) is 5.98. The van der Waals surface area contributed by atoms with E-state index in [4.69, 9.17) is 14.2 Å². The highest BCUT2D eigenvalue weighted by molar-refractivity contribution is 5.78. The van der Waals surface area contributed by atoms with E-state index >= 15 is 0 Å². The zero-order valence-electron chi connectivity index (χ0n) is 16.2. The smallest absolute Gasteiger partial charge is 0.387 e. The molecular weight excluding hydrogens is 372 g/mol. The molecule has 6 nitrogen and oxygen atoms in total. The van der Waals surface area contributed by atoms with Gasteiger partial charge in [-0.05, 0) is 35.4 Å². The van der Waals surface area contributed by atoms with Crippen LogP contribution < -0.4 is 18.9 Å². The number of halogens is 2. The van der Waals surface area contributed by atoms with Gasteiger partial charge in [-0.25, -0.2) is 0 Å². The van der Waals surface area contributed by atoms with Gasteiger partial charge in [0.15, 0.2) is 23.0 Å². The Morgan fingerprint density at radius 1 is 0.893 bits per heavy atom. The predicted molar refractivity (Wildman–Crippen MR) is 99.4 cm³/mol. The van der Waals surface area contributed by atoms with Crippen molar-refractivity contribution in [1.82, 2.24) is 4.90 Å². The fraction of sp³-hybridized carbons (Fsp3) is 0.350. The maximum atomic E-state index is 12.6. The molecule has 0 saturated heterocycles. The van der Waals surface area contributed by atoms with Crippen LogP contribution in [0, 0.1) is 0 Å². The number of hydrogen-bond acceptors (Lipinski definition) is 5. The molecule has 152 valence electrons. The summed E-state index contributed by atoms with van der Waals surface area (Å²) in [6.07, 6.45) is 0.160. The lowest BCUT2D eigenvalue weighted by atomic mass is 10.1. The van der Waals surface area contributed by atoms with E-state index in [0.717, 1.165) is 5.56 Å². The van der Waals surface area contributed by atoms with Crippen LogP contribution in [0.4, 0.5) is 8.78 Å². The lowest BCUT2D eigenvalue weighted by molar-refractivity contribution is -0.129. The Morgan fingerprint density at radius 3 is 2.00 bits per heavy atom. The van der Waals surface area contributed by atoms with E-state index in [-0.39, 0.29) is 30.4 Å². The summed E-state index contributed by atoms with van der Waals surface area (Å²) < 4.78 is 45.0. The number of ether oxygens (including phenoxy) is 4. The molecule has 0 radical (unpaired) electrons. The maximum Gasteiger partial charge on any atom is 0.387 e. The van der Waals surface area contributed by atoms with Crippen LogP contribution in [0.2, 0.25) is 0 Å². The Hall–Kier alpha value is -3.03. The summed E-state index contributed by atoms with van der Waals surface area (Å²) in [4.78, 5) is 14.0. The van der Waals surface area contributed by atoms with Gasteiger partial charge in [0, 0.05) is 13.6 Å². The Morgan fingerprint density at radius 2 is 1.43 bits per heavy atom. The fourth-order valence-electron chi connectivity index (χ4n) is 2.67. The quantitative estimate of drug-likeness (QED) is 0.650. The first kappa shape index (κ1) is 21.3. The van der Waals surface area contributed by atoms with E-state index in [9.17, 15) is 13.6 Å². The van der Waals surface area contributed by atoms with Gasteiger partial charge in [0.25, 0.3) is 0 Å². The van der Waals surface area contributed by atoms with Gasteiger partial charge in [-0.3, -0.25) is 4.79 Å². The lowest BCUT2D eigenvalue weighted by Crippen LogP contribution is -2.27. The number of benzene rings is 2. The van der Waals surface area contributed by atoms with Gasteiger partial charge >= 0.3 is 6.61 Å². The highest BCUT2D eigenvalue weighted by Gasteiger charge is 2.15. The van der Waals surface area contributed by atoms with Crippen molar-refractivity contribution in [3.63, 3.8) is 0 Å². The van der Waals surface area contributed by atoms with Crippen LogP contribution in [0.15, 0.2) is 36.4 Å². The third-order valence-corrected chi connectivity index (χ3v) is 4.09. The van der Waals surface area contributed by atoms with Crippen molar-refractivity contribution in [3.8, 4) is 23.0 Å². The van der Waals surface area contributed by atoms with Gasteiger partial charge in [-0.1, -0.05) is 12.1 Å². The molecule has 0 aliphatic heterocycles. The minimum absolute atomic E-state index is 0.0734. The summed E-state index contributed by atoms with van der Waals surface area (Å²) in [5.74, 6) is 1.11. The number of hydrogen-bond donors (Lipinski definition) is 0. The van der Waals surface area contributed by atoms with Crippen LogP contribution in [0.25, 0.3) is 0 Å². The van der Waals surface area contributed by atoms with Gasteiger partial charge in [-0.15, -0.1) is 0 Å². The average molecular weight is 395 g/mol. The van der Waals surface area contributed by atoms with Gasteiger partial charge in [0.05, 0.1) is 27.8 Å². The van der Waals surface area contributed by atoms with Gasteiger partial charge in [0.2, 0.25) is 5.91 Å². The molecule has 0 aliphatic rings. The predicted octanol–water partition coefficient (Wildman–Crippen LogP) is 3.51. The molecule has 0 aromatic heterocycles. The average Bonchev–Trinajstić information content (AvgIpc) is 2.67. The molecule has 0 fully saturated rings. The monoisotopic (exact) mass is 395 g/mol. The number of methoxy groups -OCH3 is 3. The Labute approximate surface area is 162 Å². The van der Waals surface area contributed by atoms with Crippen LogP contribution >= 0.6 is 0 Å². The van der Waals surface area contributed by atoms with Gasteiger partial charge < -0.3 is 23.8 Å². The first-order valence-electron chi connectivity index (χ1n) is 8.44. The van der Waals surface area contributed by atoms with Crippen molar-refractivity contribution in [2.45, 2.75) is 19.6 Å². The number of alkyl halides is 2. The van der Waals surface area contributed by atoms with E-state index in [2.05, 4.69) is 4.74 Å². The number of amides is 1. The second kappa shape index (κ2) is 9.77. The molecule has 0 atom stereocenters. The molecule has 2 rings (SSSR count). The van der Waals surface area contributed by atoms with Crippen LogP contribution in [0.3, 0.4) is 0 Å². The van der Waals surface area contributed by atoms with E-state index in [0.29, 0.717) is 17.1 Å². The summed E-state index contributed by atoms with van der Waals surface area (Å²) in [7, 11) is 6.07. The first-order chi connectivity index (χ1) is 13.4. The van der Waals surface area contributed by atoms with Crippen molar-refractivity contribution >= 4 is 5.91 Å². The van der Waals surface area contributed by atoms with Crippen molar-refractivity contribution in [2.75, 3.05) is 28.4 Å². The molecule has 0 saturated carbocycles. The normalized spacial score (nSPS) is 10.5. The molecule has 1 amide bonds. The van der Waals surface area contributed by atoms with Crippen molar-refractivity contribution in [3.05, 3.63) is 47.5 Å². The molecule has 2 aromatic rings. The maximum absolute atomic E-state index is 12.6. The summed E-state index contributed by atoms with van der Waals surface area (Å²) >= 11 is 0. The zero-order chi connectivity index (χ0) is 20.7. The number of rotatable bonds is 9. The van der Waals surface area contributed by atoms with Crippen LogP contribution in [0.5, 0.6) is 23.0 Å². The third-order valence-electron chi connectivity index (χ3n) is 4.09. The van der Waals surface area contributed by atoms with Crippen LogP contribution in [-0.2, 0) is 17.8 Å². The molecule has 8 heteroatoms. The van der Waals surface area contributed by atoms with Crippen LogP contribution in [-0.4, -0.2) is 45.8 Å². The number of carbonyl (C=O) groups is 1. The van der Waals surface area contributed by atoms with E-state index in [1.54, 1.807) is 31.3 Å². The summed E-state index contributed by atoms with van der Waals surface area (Å²) in [6, 6.07) is 9.92. The second-order valence-electron chi connectivity index (χ2n) is 5.98. The molecule has 0 N–H and O–H groups in total. The van der Waals surface area contributed by atoms with E-state index < -0.39 is 6.61 Å². The largest absolute Gasteiger partial charge is 0.493 e. The minimum Gasteiger partial charge on any atom is -0.493 e. The number of likely N-dealkylation sites (N-methyl/N-ethyl adjacent to an activating group) is 1. The van der Waals surface area contributed by atoms with E-state index in [1.807, 2.05) is 0 Å². The first-order valence-corrected chi connectivity index (χ1v) is 8.44. The Balaban J connectivity index is 2.08. The highest BCUT2D eigenvalue weighted by atomic mass is 19.3. The van der Waals surface area contributed by atoms with Crippen molar-refractivity contribution in [2.24, 2.45) is 0 Å². The standard InChI is InChI=1S/C20H23F2NO5/c1-23(12-14-6-8-16(26-3)18(10-14)28-20(21)22)19(24)11-13-5-7-15(25-2)17(9-13)27-4/h5-10,20H,11-12H2,1-4H3. The Kier molecular flexibility index (Phi) is 7.43. The minimum atomic E-state index is -2.96. The molecule has 0 spiro atoms. The third kappa shape index (κ3) is 5.48. The Bertz CT molecular complexity index is 813. The lowest BCUT2D eigenvalue weighted by Gasteiger charge is -2.19. The van der Waals surface area contributed by atoms with Crippen LogP contribution in [0.1, 0.15) is 11.1 Å². The zero-order valence-corrected chi connectivity index (χ0v) is 16.2. The molecule has 28 heavy (non-hydrogen) atoms. The molecule has 0 aliphatic carbocycles. The molecule has 0 heterocycles. The molecule has 0 unspecified atom stereocenters. The fourth-order valence-corrected chi connectivity index (χ4v) is 2.67.